The molecule has 1 aromatic rings. The lowest BCUT2D eigenvalue weighted by Crippen LogP contribution is -2.22. The van der Waals surface area contributed by atoms with E-state index in [1.54, 1.807) is 22.9 Å². The fourth-order valence-electron chi connectivity index (χ4n) is 2.18. The van der Waals surface area contributed by atoms with Gasteiger partial charge in [0.25, 0.3) is 5.56 Å². The average molecular weight is 207 g/mol. The zero-order chi connectivity index (χ0) is 10.8. The molecule has 1 saturated carbocycles. The molecule has 2 atom stereocenters. The van der Waals surface area contributed by atoms with Crippen LogP contribution in [0.15, 0.2) is 29.2 Å². The molecule has 0 bridgehead atoms. The molecule has 0 aliphatic heterocycles. The maximum Gasteiger partial charge on any atom is 0.306 e. The predicted octanol–water partition coefficient (Wildman–Crippen LogP) is 1.27. The van der Waals surface area contributed by atoms with Gasteiger partial charge in [0, 0.05) is 18.3 Å². The van der Waals surface area contributed by atoms with Crippen molar-refractivity contribution in [3.63, 3.8) is 0 Å². The molecule has 0 amide bonds. The normalized spacial score (nSPS) is 25.3. The van der Waals surface area contributed by atoms with Gasteiger partial charge in [0.1, 0.15) is 0 Å². The van der Waals surface area contributed by atoms with Crippen LogP contribution in [0, 0.1) is 5.92 Å². The third-order valence-electron chi connectivity index (χ3n) is 3.00. The highest BCUT2D eigenvalue weighted by Crippen LogP contribution is 2.33. The van der Waals surface area contributed by atoms with Crippen molar-refractivity contribution in [3.8, 4) is 0 Å². The standard InChI is InChI=1S/C11H13NO3/c13-10-3-1-2-6-12(10)9-5-4-8(7-9)11(14)15/h1-3,6,8-9H,4-5,7H2,(H,14,15). The molecule has 1 fully saturated rings. The number of hydrogen-bond acceptors (Lipinski definition) is 2. The Morgan fingerprint density at radius 2 is 2.20 bits per heavy atom. The molecule has 15 heavy (non-hydrogen) atoms. The molecule has 1 aliphatic carbocycles. The summed E-state index contributed by atoms with van der Waals surface area (Å²) in [5.41, 5.74) is -0.0476. The molecular formula is C11H13NO3. The molecule has 1 aromatic heterocycles. The number of pyridine rings is 1. The monoisotopic (exact) mass is 207 g/mol. The predicted molar refractivity (Wildman–Crippen MR) is 54.7 cm³/mol. The summed E-state index contributed by atoms with van der Waals surface area (Å²) in [6, 6.07) is 5.06. The van der Waals surface area contributed by atoms with Crippen LogP contribution in [0.3, 0.4) is 0 Å². The number of carboxylic acid groups (broad SMARTS) is 1. The Bertz CT molecular complexity index is 424. The van der Waals surface area contributed by atoms with Gasteiger partial charge < -0.3 is 9.67 Å². The minimum absolute atomic E-state index is 0.0476. The van der Waals surface area contributed by atoms with E-state index in [1.807, 2.05) is 0 Å². The molecule has 4 nitrogen and oxygen atoms in total. The molecule has 1 aliphatic rings. The van der Waals surface area contributed by atoms with E-state index in [0.29, 0.717) is 12.8 Å². The Kier molecular flexibility index (Phi) is 2.58. The minimum Gasteiger partial charge on any atom is -0.481 e. The number of nitrogens with zero attached hydrogens (tertiary/aromatic N) is 1. The number of rotatable bonds is 2. The summed E-state index contributed by atoms with van der Waals surface area (Å²) in [6.45, 7) is 0. The molecule has 0 spiro atoms. The first-order valence-electron chi connectivity index (χ1n) is 5.08. The van der Waals surface area contributed by atoms with Crippen LogP contribution < -0.4 is 5.56 Å². The minimum atomic E-state index is -0.749. The Morgan fingerprint density at radius 1 is 1.40 bits per heavy atom. The third kappa shape index (κ3) is 1.93. The van der Waals surface area contributed by atoms with Gasteiger partial charge in [0.05, 0.1) is 5.92 Å². The van der Waals surface area contributed by atoms with Crippen LogP contribution in [0.5, 0.6) is 0 Å². The van der Waals surface area contributed by atoms with E-state index < -0.39 is 5.97 Å². The van der Waals surface area contributed by atoms with E-state index in [2.05, 4.69) is 0 Å². The summed E-state index contributed by atoms with van der Waals surface area (Å²) in [4.78, 5) is 22.3. The van der Waals surface area contributed by atoms with Crippen molar-refractivity contribution < 1.29 is 9.90 Å². The van der Waals surface area contributed by atoms with Crippen molar-refractivity contribution in [2.24, 2.45) is 5.92 Å². The van der Waals surface area contributed by atoms with Gasteiger partial charge in [-0.15, -0.1) is 0 Å². The molecular weight excluding hydrogens is 194 g/mol. The summed E-state index contributed by atoms with van der Waals surface area (Å²) in [5.74, 6) is -1.04. The van der Waals surface area contributed by atoms with E-state index in [0.717, 1.165) is 6.42 Å². The van der Waals surface area contributed by atoms with E-state index in [4.69, 9.17) is 5.11 Å². The first kappa shape index (κ1) is 9.96. The highest BCUT2D eigenvalue weighted by molar-refractivity contribution is 5.70. The summed E-state index contributed by atoms with van der Waals surface area (Å²) in [6.07, 6.45) is 3.75. The van der Waals surface area contributed by atoms with Crippen molar-refractivity contribution in [1.82, 2.24) is 4.57 Å². The lowest BCUT2D eigenvalue weighted by molar-refractivity contribution is -0.141. The van der Waals surface area contributed by atoms with Crippen LogP contribution >= 0.6 is 0 Å². The quantitative estimate of drug-likeness (QED) is 0.794. The number of hydrogen-bond donors (Lipinski definition) is 1. The van der Waals surface area contributed by atoms with Crippen molar-refractivity contribution >= 4 is 5.97 Å². The van der Waals surface area contributed by atoms with Crippen molar-refractivity contribution in [3.05, 3.63) is 34.7 Å². The molecule has 0 radical (unpaired) electrons. The first-order valence-corrected chi connectivity index (χ1v) is 5.08. The molecule has 4 heteroatoms. The molecule has 1 heterocycles. The summed E-state index contributed by atoms with van der Waals surface area (Å²) >= 11 is 0. The number of carbonyl (C=O) groups is 1. The second kappa shape index (κ2) is 3.88. The molecule has 0 saturated heterocycles. The van der Waals surface area contributed by atoms with Gasteiger partial charge in [-0.2, -0.15) is 0 Å². The zero-order valence-electron chi connectivity index (χ0n) is 8.30. The second-order valence-corrected chi connectivity index (χ2v) is 3.95. The Balaban J connectivity index is 2.18. The van der Waals surface area contributed by atoms with Crippen molar-refractivity contribution in [2.75, 3.05) is 0 Å². The van der Waals surface area contributed by atoms with Gasteiger partial charge in [0.15, 0.2) is 0 Å². The van der Waals surface area contributed by atoms with E-state index in [1.165, 1.54) is 6.07 Å². The SMILES string of the molecule is O=C(O)C1CCC(n2ccccc2=O)C1. The first-order chi connectivity index (χ1) is 7.18. The average Bonchev–Trinajstić information content (AvgIpc) is 2.67. The largest absolute Gasteiger partial charge is 0.481 e. The summed E-state index contributed by atoms with van der Waals surface area (Å²) in [5, 5.41) is 8.86. The molecule has 1 N–H and O–H groups in total. The maximum atomic E-state index is 11.5. The van der Waals surface area contributed by atoms with Crippen LogP contribution in [-0.4, -0.2) is 15.6 Å². The van der Waals surface area contributed by atoms with Gasteiger partial charge in [-0.05, 0) is 25.3 Å². The number of carboxylic acids is 1. The van der Waals surface area contributed by atoms with Crippen LogP contribution in [0.4, 0.5) is 0 Å². The topological polar surface area (TPSA) is 59.3 Å². The van der Waals surface area contributed by atoms with Crippen LogP contribution in [0.1, 0.15) is 25.3 Å². The van der Waals surface area contributed by atoms with Crippen LogP contribution in [0.2, 0.25) is 0 Å². The maximum absolute atomic E-state index is 11.5. The summed E-state index contributed by atoms with van der Waals surface area (Å²) < 4.78 is 1.64. The molecule has 2 rings (SSSR count). The van der Waals surface area contributed by atoms with Gasteiger partial charge in [0.2, 0.25) is 0 Å². The van der Waals surface area contributed by atoms with E-state index in [-0.39, 0.29) is 17.5 Å². The Hall–Kier alpha value is -1.58. The zero-order valence-corrected chi connectivity index (χ0v) is 8.30. The van der Waals surface area contributed by atoms with Crippen LogP contribution in [-0.2, 0) is 4.79 Å². The lowest BCUT2D eigenvalue weighted by atomic mass is 10.1. The fourth-order valence-corrected chi connectivity index (χ4v) is 2.18. The highest BCUT2D eigenvalue weighted by Gasteiger charge is 2.30. The smallest absolute Gasteiger partial charge is 0.306 e. The third-order valence-corrected chi connectivity index (χ3v) is 3.00. The van der Waals surface area contributed by atoms with Gasteiger partial charge in [-0.3, -0.25) is 9.59 Å². The lowest BCUT2D eigenvalue weighted by Gasteiger charge is -2.12. The van der Waals surface area contributed by atoms with Crippen molar-refractivity contribution in [2.45, 2.75) is 25.3 Å². The highest BCUT2D eigenvalue weighted by atomic mass is 16.4. The van der Waals surface area contributed by atoms with E-state index >= 15 is 0 Å². The summed E-state index contributed by atoms with van der Waals surface area (Å²) in [7, 11) is 0. The van der Waals surface area contributed by atoms with Crippen LogP contribution in [0.25, 0.3) is 0 Å². The number of aliphatic carboxylic acids is 1. The van der Waals surface area contributed by atoms with E-state index in [9.17, 15) is 9.59 Å². The number of aromatic nitrogens is 1. The molecule has 0 aromatic carbocycles. The molecule has 2 unspecified atom stereocenters. The Morgan fingerprint density at radius 3 is 2.80 bits per heavy atom. The van der Waals surface area contributed by atoms with Gasteiger partial charge >= 0.3 is 5.97 Å². The fraction of sp³-hybridized carbons (Fsp3) is 0.455. The van der Waals surface area contributed by atoms with Gasteiger partial charge in [-0.1, -0.05) is 6.07 Å². The second-order valence-electron chi connectivity index (χ2n) is 3.95. The van der Waals surface area contributed by atoms with Gasteiger partial charge in [-0.25, -0.2) is 0 Å². The van der Waals surface area contributed by atoms with Crippen molar-refractivity contribution in [1.29, 1.82) is 0 Å². The Labute approximate surface area is 87.2 Å². The molecule has 80 valence electrons.